The summed E-state index contributed by atoms with van der Waals surface area (Å²) in [6.45, 7) is 4.55. The molecule has 9 nitrogen and oxygen atoms in total. The first-order valence-electron chi connectivity index (χ1n) is 19.1. The van der Waals surface area contributed by atoms with E-state index in [-0.39, 0.29) is 38.6 Å². The molecule has 0 aliphatic rings. The molecule has 0 saturated heterocycles. The Bertz CT molecular complexity index is 908. The van der Waals surface area contributed by atoms with E-state index in [1.165, 1.54) is 38.5 Å². The molecule has 2 unspecified atom stereocenters. The van der Waals surface area contributed by atoms with Gasteiger partial charge in [0.15, 0.2) is 12.4 Å². The molecule has 0 heterocycles. The predicted molar refractivity (Wildman–Crippen MR) is 196 cm³/mol. The quantitative estimate of drug-likeness (QED) is 0.0221. The van der Waals surface area contributed by atoms with E-state index >= 15 is 0 Å². The van der Waals surface area contributed by atoms with Gasteiger partial charge in [0.05, 0.1) is 40.3 Å². The number of likely N-dealkylation sites (N-methyl/N-ethyl adjacent to an activating group) is 1. The van der Waals surface area contributed by atoms with Crippen molar-refractivity contribution in [2.24, 2.45) is 0 Å². The minimum Gasteiger partial charge on any atom is -0.545 e. The van der Waals surface area contributed by atoms with Gasteiger partial charge in [-0.3, -0.25) is 9.59 Å². The molecule has 0 aromatic carbocycles. The molecule has 0 aromatic rings. The van der Waals surface area contributed by atoms with Crippen LogP contribution >= 0.6 is 0 Å². The molecule has 0 spiro atoms. The van der Waals surface area contributed by atoms with Gasteiger partial charge in [0.25, 0.3) is 0 Å². The fourth-order valence-electron chi connectivity index (χ4n) is 4.90. The zero-order valence-corrected chi connectivity index (χ0v) is 31.8. The molecule has 2 atom stereocenters. The highest BCUT2D eigenvalue weighted by Gasteiger charge is 2.21. The lowest BCUT2D eigenvalue weighted by Crippen LogP contribution is -2.44. The third-order valence-electron chi connectivity index (χ3n) is 7.90. The Balaban J connectivity index is 4.56. The first-order chi connectivity index (χ1) is 23.6. The first-order valence-corrected chi connectivity index (χ1v) is 19.1. The van der Waals surface area contributed by atoms with Crippen molar-refractivity contribution in [3.63, 3.8) is 0 Å². The molecule has 49 heavy (non-hydrogen) atoms. The van der Waals surface area contributed by atoms with Gasteiger partial charge in [0.1, 0.15) is 13.2 Å². The van der Waals surface area contributed by atoms with Crippen LogP contribution in [0.5, 0.6) is 0 Å². The van der Waals surface area contributed by atoms with E-state index in [4.69, 9.17) is 18.9 Å². The number of carboxylic acids is 1. The fourth-order valence-corrected chi connectivity index (χ4v) is 4.90. The zero-order valence-electron chi connectivity index (χ0n) is 31.8. The van der Waals surface area contributed by atoms with Crippen LogP contribution in [0.15, 0.2) is 36.5 Å². The van der Waals surface area contributed by atoms with Crippen LogP contribution in [-0.2, 0) is 33.3 Å². The molecule has 9 heteroatoms. The molecule has 0 amide bonds. The highest BCUT2D eigenvalue weighted by atomic mass is 16.7. The Labute approximate surface area is 299 Å². The van der Waals surface area contributed by atoms with Crippen molar-refractivity contribution in [1.29, 1.82) is 0 Å². The van der Waals surface area contributed by atoms with Gasteiger partial charge in [-0.25, -0.2) is 0 Å². The van der Waals surface area contributed by atoms with Crippen molar-refractivity contribution < 1.29 is 42.9 Å². The Morgan fingerprint density at radius 2 is 1.16 bits per heavy atom. The highest BCUT2D eigenvalue weighted by Crippen LogP contribution is 2.13. The van der Waals surface area contributed by atoms with Crippen LogP contribution in [0.4, 0.5) is 0 Å². The van der Waals surface area contributed by atoms with Crippen molar-refractivity contribution in [3.05, 3.63) is 36.5 Å². The van der Waals surface area contributed by atoms with E-state index in [9.17, 15) is 19.5 Å². The Morgan fingerprint density at radius 3 is 1.73 bits per heavy atom. The van der Waals surface area contributed by atoms with Gasteiger partial charge in [0, 0.05) is 12.8 Å². The summed E-state index contributed by atoms with van der Waals surface area (Å²) >= 11 is 0. The third-order valence-corrected chi connectivity index (χ3v) is 7.90. The minimum atomic E-state index is -1.62. The summed E-state index contributed by atoms with van der Waals surface area (Å²) in [4.78, 5) is 36.7. The summed E-state index contributed by atoms with van der Waals surface area (Å²) < 4.78 is 22.4. The average Bonchev–Trinajstić information content (AvgIpc) is 3.05. The number of allylic oxidation sites excluding steroid dienone is 6. The monoisotopic (exact) mass is 694 g/mol. The van der Waals surface area contributed by atoms with E-state index in [0.717, 1.165) is 70.6 Å². The summed E-state index contributed by atoms with van der Waals surface area (Å²) in [7, 11) is 5.88. The van der Waals surface area contributed by atoms with Gasteiger partial charge in [-0.15, -0.1) is 0 Å². The largest absolute Gasteiger partial charge is 0.545 e. The number of hydrogen-bond donors (Lipinski definition) is 0. The maximum absolute atomic E-state index is 12.6. The number of rotatable bonds is 34. The topological polar surface area (TPSA) is 111 Å². The van der Waals surface area contributed by atoms with Crippen LogP contribution < -0.4 is 5.11 Å². The molecule has 0 radical (unpaired) electrons. The van der Waals surface area contributed by atoms with E-state index < -0.39 is 24.3 Å². The van der Waals surface area contributed by atoms with Crippen LogP contribution in [0, 0.1) is 0 Å². The first kappa shape index (κ1) is 46.5. The molecule has 0 fully saturated rings. The summed E-state index contributed by atoms with van der Waals surface area (Å²) in [6, 6.07) is 0. The third kappa shape index (κ3) is 33.8. The maximum Gasteiger partial charge on any atom is 0.306 e. The van der Waals surface area contributed by atoms with Crippen LogP contribution in [-0.4, -0.2) is 82.3 Å². The second kappa shape index (κ2) is 32.7. The van der Waals surface area contributed by atoms with Crippen LogP contribution in [0.2, 0.25) is 0 Å². The molecule has 0 aliphatic heterocycles. The van der Waals surface area contributed by atoms with Crippen molar-refractivity contribution in [1.82, 2.24) is 0 Å². The minimum absolute atomic E-state index is 0.144. The Kier molecular flexibility index (Phi) is 31.0. The SMILES string of the molecule is CC/C=C\C/C=C\C/C=C\CCCCCCCC(=O)OC(COC(=O)CCCCCCCCCCC)COC(OCC[N+](C)(C)C)C(=O)[O-]. The average molecular weight is 694 g/mol. The second-order valence-corrected chi connectivity index (χ2v) is 13.8. The highest BCUT2D eigenvalue weighted by molar-refractivity contribution is 5.70. The standard InChI is InChI=1S/C40H71NO8/c1-6-8-10-12-14-16-17-18-19-20-21-23-25-27-29-31-38(43)49-36(35-48-40(39(44)45)46-33-32-41(3,4)5)34-47-37(42)30-28-26-24-22-15-13-11-9-7-2/h8,10,14,16,18-19,36,40H,6-7,9,11-13,15,17,20-35H2,1-5H3/b10-8-,16-14-,19-18-. The lowest BCUT2D eigenvalue weighted by Gasteiger charge is -2.26. The predicted octanol–water partition coefficient (Wildman–Crippen LogP) is 7.77. The molecule has 0 N–H and O–H groups in total. The molecular weight excluding hydrogens is 622 g/mol. The number of esters is 2. The molecule has 0 aliphatic carbocycles. The Morgan fingerprint density at radius 1 is 0.633 bits per heavy atom. The summed E-state index contributed by atoms with van der Waals surface area (Å²) in [5.41, 5.74) is 0. The molecular formula is C40H71NO8. The number of carboxylic acid groups (broad SMARTS) is 1. The van der Waals surface area contributed by atoms with Crippen LogP contribution in [0.25, 0.3) is 0 Å². The number of quaternary nitrogens is 1. The number of carbonyl (C=O) groups is 3. The zero-order chi connectivity index (χ0) is 36.4. The van der Waals surface area contributed by atoms with Crippen LogP contribution in [0.3, 0.4) is 0 Å². The molecule has 284 valence electrons. The Hall–Kier alpha value is -2.49. The number of unbranched alkanes of at least 4 members (excludes halogenated alkanes) is 13. The molecule has 0 aromatic heterocycles. The molecule has 0 bridgehead atoms. The number of aliphatic carboxylic acids is 1. The number of ether oxygens (including phenoxy) is 4. The summed E-state index contributed by atoms with van der Waals surface area (Å²) in [5.74, 6) is -2.32. The second-order valence-electron chi connectivity index (χ2n) is 13.8. The van der Waals surface area contributed by atoms with E-state index in [1.54, 1.807) is 0 Å². The van der Waals surface area contributed by atoms with Crippen molar-refractivity contribution in [3.8, 4) is 0 Å². The molecule has 0 rings (SSSR count). The summed E-state index contributed by atoms with van der Waals surface area (Å²) in [6.07, 6.45) is 30.4. The van der Waals surface area contributed by atoms with Crippen LogP contribution in [0.1, 0.15) is 142 Å². The van der Waals surface area contributed by atoms with Gasteiger partial charge in [-0.1, -0.05) is 121 Å². The van der Waals surface area contributed by atoms with Gasteiger partial charge in [-0.2, -0.15) is 0 Å². The summed E-state index contributed by atoms with van der Waals surface area (Å²) in [5, 5.41) is 11.6. The number of hydrogen-bond acceptors (Lipinski definition) is 8. The van der Waals surface area contributed by atoms with Crippen molar-refractivity contribution in [2.45, 2.75) is 155 Å². The van der Waals surface area contributed by atoms with Gasteiger partial charge < -0.3 is 33.3 Å². The smallest absolute Gasteiger partial charge is 0.306 e. The van der Waals surface area contributed by atoms with Gasteiger partial charge >= 0.3 is 11.9 Å². The lowest BCUT2D eigenvalue weighted by atomic mass is 10.1. The lowest BCUT2D eigenvalue weighted by molar-refractivity contribution is -0.870. The number of nitrogens with zero attached hydrogens (tertiary/aromatic N) is 1. The van der Waals surface area contributed by atoms with Gasteiger partial charge in [0.2, 0.25) is 0 Å². The fraction of sp³-hybridized carbons (Fsp3) is 0.775. The number of carbonyl (C=O) groups excluding carboxylic acids is 3. The van der Waals surface area contributed by atoms with Crippen molar-refractivity contribution >= 4 is 17.9 Å². The van der Waals surface area contributed by atoms with Crippen molar-refractivity contribution in [2.75, 3.05) is 47.5 Å². The normalized spacial score (nSPS) is 13.4. The van der Waals surface area contributed by atoms with E-state index in [0.29, 0.717) is 17.4 Å². The maximum atomic E-state index is 12.6. The molecule has 0 saturated carbocycles. The van der Waals surface area contributed by atoms with E-state index in [1.807, 2.05) is 21.1 Å². The van der Waals surface area contributed by atoms with E-state index in [2.05, 4.69) is 50.3 Å². The van der Waals surface area contributed by atoms with Gasteiger partial charge in [-0.05, 0) is 44.9 Å².